The molecule has 1 unspecified atom stereocenters. The van der Waals surface area contributed by atoms with Crippen LogP contribution in [0, 0.1) is 0 Å². The van der Waals surface area contributed by atoms with Crippen molar-refractivity contribution in [2.75, 3.05) is 17.2 Å². The van der Waals surface area contributed by atoms with E-state index in [0.717, 1.165) is 0 Å². The van der Waals surface area contributed by atoms with E-state index in [1.165, 1.54) is 63.2 Å². The molecule has 4 heterocycles. The van der Waals surface area contributed by atoms with Gasteiger partial charge in [-0.15, -0.1) is 33.3 Å². The highest BCUT2D eigenvalue weighted by Crippen LogP contribution is 2.42. The average Bonchev–Trinajstić information content (AvgIpc) is 3.59. The van der Waals surface area contributed by atoms with E-state index in [-0.39, 0.29) is 22.9 Å². The van der Waals surface area contributed by atoms with E-state index >= 15 is 0 Å². The maximum absolute atomic E-state index is 13.1. The Balaban J connectivity index is 1.28. The largest absolute Gasteiger partial charge is 0.504 e. The molecule has 12 nitrogen and oxygen atoms in total. The summed E-state index contributed by atoms with van der Waals surface area (Å²) in [6.07, 6.45) is 2.28. The van der Waals surface area contributed by atoms with E-state index in [1.807, 2.05) is 6.92 Å². The number of nitrogen functional groups attached to an aromatic ring is 1. The molecule has 1 saturated heterocycles. The molecule has 2 amide bonds. The van der Waals surface area contributed by atoms with Gasteiger partial charge in [-0.2, -0.15) is 0 Å². The molecule has 1 aromatic carbocycles. The quantitative estimate of drug-likeness (QED) is 0.102. The van der Waals surface area contributed by atoms with Gasteiger partial charge in [-0.3, -0.25) is 14.5 Å². The topological polar surface area (TPSA) is 192 Å². The minimum Gasteiger partial charge on any atom is -0.504 e. The number of thiazole rings is 1. The van der Waals surface area contributed by atoms with Crippen LogP contribution in [0.4, 0.5) is 5.13 Å². The number of fused-ring (bicyclic) bond motifs is 1. The minimum atomic E-state index is -1.22. The number of carbonyl (C=O) groups excluding carboxylic acids is 2. The number of phenols is 2. The lowest BCUT2D eigenvalue weighted by Crippen LogP contribution is -2.70. The van der Waals surface area contributed by atoms with Gasteiger partial charge < -0.3 is 26.4 Å². The molecule has 0 spiro atoms. The number of allylic oxidation sites excluding steroid dienone is 1. The smallest absolute Gasteiger partial charge is 0.352 e. The van der Waals surface area contributed by atoms with E-state index in [2.05, 4.69) is 20.5 Å². The molecule has 5 rings (SSSR count). The number of aliphatic carboxylic acids is 1. The van der Waals surface area contributed by atoms with E-state index in [1.54, 1.807) is 17.5 Å². The number of anilines is 1. The number of phenolic OH excluding ortho intramolecular Hbond substituents is 2. The predicted molar refractivity (Wildman–Crippen MR) is 154 cm³/mol. The molecule has 208 valence electrons. The zero-order chi connectivity index (χ0) is 28.6. The van der Waals surface area contributed by atoms with Crippen molar-refractivity contribution < 1.29 is 29.7 Å². The van der Waals surface area contributed by atoms with E-state index in [0.29, 0.717) is 49.1 Å². The maximum Gasteiger partial charge on any atom is 0.352 e. The molecular weight excluding hydrogens is 597 g/mol. The molecule has 0 aliphatic carbocycles. The molecule has 2 aliphatic heterocycles. The second-order valence-electron chi connectivity index (χ2n) is 8.58. The number of thioether (sulfide) groups is 2. The van der Waals surface area contributed by atoms with E-state index in [4.69, 9.17) is 5.73 Å². The second-order valence-corrected chi connectivity index (χ2v) is 12.8. The number of nitrogens with two attached hydrogens (primary N) is 1. The van der Waals surface area contributed by atoms with Crippen LogP contribution in [0.15, 0.2) is 45.3 Å². The summed E-state index contributed by atoms with van der Waals surface area (Å²) in [5, 5.41) is 42.2. The molecule has 2 aromatic heterocycles. The van der Waals surface area contributed by atoms with Crippen molar-refractivity contribution in [3.63, 3.8) is 0 Å². The van der Waals surface area contributed by atoms with Crippen LogP contribution in [0.5, 0.6) is 11.5 Å². The number of carboxylic acid groups (broad SMARTS) is 1. The number of carbonyl (C=O) groups is 3. The van der Waals surface area contributed by atoms with Crippen LogP contribution < -0.4 is 11.1 Å². The Morgan fingerprint density at radius 1 is 1.27 bits per heavy atom. The SMILES string of the molecule is CC/C=C(\C(=O)NC1C(=O)N2C(C(=O)O)=C(CSc3nnc(-c4ccc(O)c(O)c4)s3)CS[C@@H]12)c1csc(N)n1. The first kappa shape index (κ1) is 27.9. The fourth-order valence-electron chi connectivity index (χ4n) is 4.13. The molecule has 2 atom stereocenters. The Hall–Kier alpha value is -3.60. The fourth-order valence-corrected chi connectivity index (χ4v) is 8.03. The highest BCUT2D eigenvalue weighted by molar-refractivity contribution is 8.01. The van der Waals surface area contributed by atoms with E-state index in [9.17, 15) is 29.7 Å². The third kappa shape index (κ3) is 5.39. The van der Waals surface area contributed by atoms with Crippen molar-refractivity contribution in [3.8, 4) is 22.1 Å². The van der Waals surface area contributed by atoms with Crippen molar-refractivity contribution in [1.29, 1.82) is 0 Å². The van der Waals surface area contributed by atoms with Gasteiger partial charge in [0.15, 0.2) is 21.0 Å². The van der Waals surface area contributed by atoms with Crippen LogP contribution in [-0.2, 0) is 14.4 Å². The molecular formula is C24H22N6O6S4. The lowest BCUT2D eigenvalue weighted by atomic mass is 10.0. The standard InChI is InChI=1S/C24H22N6O6S4/c1-2-3-12(13-9-38-23(25)26-13)18(33)27-16-20(34)30-17(22(35)36)11(7-37-21(16)30)8-39-24-29-28-19(40-24)10-4-5-14(31)15(32)6-10/h3-6,9,16,21,31-32H,2,7-8H2,1H3,(H2,25,26)(H,27,33)(H,35,36)/b12-3-/t16?,21-/m0/s1. The van der Waals surface area contributed by atoms with Gasteiger partial charge in [0.2, 0.25) is 0 Å². The lowest BCUT2D eigenvalue weighted by Gasteiger charge is -2.49. The van der Waals surface area contributed by atoms with Crippen LogP contribution in [0.25, 0.3) is 16.1 Å². The average molecular weight is 619 g/mol. The minimum absolute atomic E-state index is 0.0865. The van der Waals surface area contributed by atoms with Gasteiger partial charge in [-0.05, 0) is 30.2 Å². The number of aromatic nitrogens is 3. The van der Waals surface area contributed by atoms with Gasteiger partial charge in [0.05, 0.1) is 11.3 Å². The zero-order valence-corrected chi connectivity index (χ0v) is 24.0. The first-order chi connectivity index (χ1) is 19.2. The van der Waals surface area contributed by atoms with Crippen LogP contribution >= 0.6 is 46.2 Å². The summed E-state index contributed by atoms with van der Waals surface area (Å²) in [6.45, 7) is 1.88. The van der Waals surface area contributed by atoms with Crippen LogP contribution in [-0.4, -0.2) is 76.1 Å². The number of hydrogen-bond acceptors (Lipinski definition) is 13. The van der Waals surface area contributed by atoms with Gasteiger partial charge in [0.1, 0.15) is 22.1 Å². The summed E-state index contributed by atoms with van der Waals surface area (Å²) in [6, 6.07) is 3.47. The lowest BCUT2D eigenvalue weighted by molar-refractivity contribution is -0.150. The Bertz CT molecular complexity index is 1570. The Labute approximate surface area is 244 Å². The molecule has 2 aliphatic rings. The van der Waals surface area contributed by atoms with Crippen molar-refractivity contribution in [2.24, 2.45) is 0 Å². The molecule has 6 N–H and O–H groups in total. The number of nitrogens with zero attached hydrogens (tertiary/aromatic N) is 4. The number of hydrogen-bond donors (Lipinski definition) is 5. The highest BCUT2D eigenvalue weighted by Gasteiger charge is 2.54. The zero-order valence-electron chi connectivity index (χ0n) is 20.7. The third-order valence-corrected chi connectivity index (χ3v) is 10.2. The van der Waals surface area contributed by atoms with Crippen LogP contribution in [0.2, 0.25) is 0 Å². The molecule has 0 radical (unpaired) electrons. The Kier molecular flexibility index (Phi) is 8.02. The predicted octanol–water partition coefficient (Wildman–Crippen LogP) is 2.98. The van der Waals surface area contributed by atoms with Gasteiger partial charge in [0, 0.05) is 22.4 Å². The Morgan fingerprint density at radius 2 is 2.08 bits per heavy atom. The number of β-lactam (4-membered cyclic amide) rings is 1. The number of carboxylic acids is 1. The fraction of sp³-hybridized carbons (Fsp3) is 0.250. The molecule has 40 heavy (non-hydrogen) atoms. The summed E-state index contributed by atoms with van der Waals surface area (Å²) in [5.74, 6) is -2.08. The Morgan fingerprint density at radius 3 is 2.75 bits per heavy atom. The van der Waals surface area contributed by atoms with Gasteiger partial charge in [0.25, 0.3) is 11.8 Å². The summed E-state index contributed by atoms with van der Waals surface area (Å²) in [7, 11) is 0. The second kappa shape index (κ2) is 11.5. The van der Waals surface area contributed by atoms with Crippen molar-refractivity contribution in [2.45, 2.75) is 29.1 Å². The maximum atomic E-state index is 13.1. The number of benzene rings is 1. The molecule has 1 fully saturated rings. The first-order valence-corrected chi connectivity index (χ1v) is 15.5. The summed E-state index contributed by atoms with van der Waals surface area (Å²) < 4.78 is 0.574. The van der Waals surface area contributed by atoms with Gasteiger partial charge >= 0.3 is 5.97 Å². The highest BCUT2D eigenvalue weighted by atomic mass is 32.2. The molecule has 3 aromatic rings. The number of amides is 2. The van der Waals surface area contributed by atoms with Crippen LogP contribution in [0.1, 0.15) is 19.0 Å². The number of aromatic hydroxyl groups is 2. The summed E-state index contributed by atoms with van der Waals surface area (Å²) >= 11 is 5.13. The summed E-state index contributed by atoms with van der Waals surface area (Å²) in [4.78, 5) is 43.7. The van der Waals surface area contributed by atoms with Crippen molar-refractivity contribution >= 4 is 74.7 Å². The molecule has 0 bridgehead atoms. The molecule has 0 saturated carbocycles. The van der Waals surface area contributed by atoms with E-state index < -0.39 is 29.2 Å². The van der Waals surface area contributed by atoms with Gasteiger partial charge in [-0.25, -0.2) is 9.78 Å². The van der Waals surface area contributed by atoms with Crippen LogP contribution in [0.3, 0.4) is 0 Å². The molecule has 16 heteroatoms. The number of rotatable bonds is 9. The first-order valence-electron chi connectivity index (χ1n) is 11.8. The van der Waals surface area contributed by atoms with Gasteiger partial charge in [-0.1, -0.05) is 36.1 Å². The number of nitrogens with one attached hydrogen (secondary N) is 1. The normalized spacial score (nSPS) is 18.9. The summed E-state index contributed by atoms with van der Waals surface area (Å²) in [5.41, 5.74) is 7.50. The monoisotopic (exact) mass is 618 g/mol. The van der Waals surface area contributed by atoms with Crippen molar-refractivity contribution in [1.82, 2.24) is 25.4 Å². The van der Waals surface area contributed by atoms with Crippen molar-refractivity contribution in [3.05, 3.63) is 46.6 Å². The third-order valence-electron chi connectivity index (χ3n) is 5.99.